The summed E-state index contributed by atoms with van der Waals surface area (Å²) in [6.45, 7) is -0.442. The average molecular weight is 194 g/mol. The van der Waals surface area contributed by atoms with Crippen molar-refractivity contribution in [3.05, 3.63) is 0 Å². The topological polar surface area (TPSA) is 58.2 Å². The maximum atomic E-state index is 10.9. The zero-order chi connectivity index (χ0) is 10.8. The minimum absolute atomic E-state index is 0.286. The number of nitrogens with one attached hydrogen (secondary N) is 2. The van der Waals surface area contributed by atoms with Crippen molar-refractivity contribution in [2.45, 2.75) is 12.8 Å². The third-order valence-electron chi connectivity index (χ3n) is 1.75. The summed E-state index contributed by atoms with van der Waals surface area (Å²) in [6.07, 6.45) is 2.57. The molecular formula is C7H16N2O2S. The van der Waals surface area contributed by atoms with Crippen LogP contribution in [0.4, 0.5) is 0 Å². The summed E-state index contributed by atoms with van der Waals surface area (Å²) in [5.41, 5.74) is 0. The van der Waals surface area contributed by atoms with Crippen molar-refractivity contribution in [1.82, 2.24) is 10.0 Å². The fourth-order valence-corrected chi connectivity index (χ4v) is 1.55. The van der Waals surface area contributed by atoms with Crippen molar-refractivity contribution in [2.24, 2.45) is 5.92 Å². The molecule has 0 amide bonds. The highest BCUT2D eigenvalue weighted by Gasteiger charge is 2.13. The van der Waals surface area contributed by atoms with E-state index in [4.69, 9.17) is 2.74 Å². The van der Waals surface area contributed by atoms with E-state index in [1.807, 2.05) is 4.72 Å². The minimum atomic E-state index is -3.48. The molecular weight excluding hydrogens is 176 g/mol. The number of hydrogen-bond acceptors (Lipinski definition) is 3. The van der Waals surface area contributed by atoms with E-state index in [1.54, 1.807) is 0 Å². The van der Waals surface area contributed by atoms with Gasteiger partial charge in [0.1, 0.15) is 0 Å². The molecule has 1 fully saturated rings. The van der Waals surface area contributed by atoms with Crippen LogP contribution in [0.25, 0.3) is 0 Å². The molecule has 0 aromatic carbocycles. The second-order valence-electron chi connectivity index (χ2n) is 3.06. The predicted molar refractivity (Wildman–Crippen MR) is 48.4 cm³/mol. The molecule has 1 rings (SSSR count). The average Bonchev–Trinajstić information content (AvgIpc) is 2.01. The van der Waals surface area contributed by atoms with Crippen molar-refractivity contribution in [2.75, 3.05) is 25.8 Å². The lowest BCUT2D eigenvalue weighted by molar-refractivity contribution is 0.376. The molecule has 1 heterocycles. The summed E-state index contributed by atoms with van der Waals surface area (Å²) in [6, 6.07) is 0. The standard InChI is InChI=1S/C7H16N2O2S/c1-12(10,11)9-6-7-3-2-4-8-5-7/h7-9H,2-6H2,1H3/t7-/m0/s1/i6D2. The summed E-state index contributed by atoms with van der Waals surface area (Å²) < 4.78 is 39.1. The SMILES string of the molecule is [2H]C([2H])(NS(C)(=O)=O)[C@H]1CCCNC1. The Balaban J connectivity index is 2.63. The summed E-state index contributed by atoms with van der Waals surface area (Å²) in [5, 5.41) is 3.05. The minimum Gasteiger partial charge on any atom is -0.316 e. The molecule has 1 saturated heterocycles. The van der Waals surface area contributed by atoms with Gasteiger partial charge < -0.3 is 5.32 Å². The van der Waals surface area contributed by atoms with E-state index in [0.29, 0.717) is 13.0 Å². The first-order valence-electron chi connectivity index (χ1n) is 5.01. The highest BCUT2D eigenvalue weighted by molar-refractivity contribution is 7.88. The van der Waals surface area contributed by atoms with Crippen molar-refractivity contribution < 1.29 is 11.2 Å². The van der Waals surface area contributed by atoms with Gasteiger partial charge in [-0.1, -0.05) is 0 Å². The van der Waals surface area contributed by atoms with Gasteiger partial charge in [0.15, 0.2) is 0 Å². The van der Waals surface area contributed by atoms with Crippen molar-refractivity contribution >= 4 is 10.0 Å². The molecule has 0 unspecified atom stereocenters. The first-order valence-corrected chi connectivity index (χ1v) is 5.90. The molecule has 0 saturated carbocycles. The van der Waals surface area contributed by atoms with Gasteiger partial charge >= 0.3 is 0 Å². The zero-order valence-corrected chi connectivity index (χ0v) is 7.95. The van der Waals surface area contributed by atoms with Crippen molar-refractivity contribution in [3.8, 4) is 0 Å². The highest BCUT2D eigenvalue weighted by atomic mass is 32.2. The van der Waals surface area contributed by atoms with Gasteiger partial charge in [-0.05, 0) is 31.8 Å². The zero-order valence-electron chi connectivity index (χ0n) is 9.13. The molecule has 0 bridgehead atoms. The predicted octanol–water partition coefficient (Wildman–Crippen LogP) is -0.465. The number of sulfonamides is 1. The van der Waals surface area contributed by atoms with Crippen LogP contribution in [0.1, 0.15) is 15.6 Å². The van der Waals surface area contributed by atoms with Gasteiger partial charge in [0.2, 0.25) is 10.0 Å². The lowest BCUT2D eigenvalue weighted by atomic mass is 10.0. The van der Waals surface area contributed by atoms with Gasteiger partial charge in [-0.3, -0.25) is 0 Å². The molecule has 0 radical (unpaired) electrons. The molecule has 0 aromatic heterocycles. The van der Waals surface area contributed by atoms with Crippen LogP contribution in [0.15, 0.2) is 0 Å². The van der Waals surface area contributed by atoms with Gasteiger partial charge in [-0.2, -0.15) is 0 Å². The monoisotopic (exact) mass is 194 g/mol. The Morgan fingerprint density at radius 3 is 3.00 bits per heavy atom. The van der Waals surface area contributed by atoms with E-state index >= 15 is 0 Å². The quantitative estimate of drug-likeness (QED) is 0.639. The molecule has 0 aromatic rings. The lowest BCUT2D eigenvalue weighted by Crippen LogP contribution is -2.37. The molecule has 4 nitrogen and oxygen atoms in total. The van der Waals surface area contributed by atoms with Crippen LogP contribution in [0.2, 0.25) is 0 Å². The first kappa shape index (κ1) is 7.29. The molecule has 5 heteroatoms. The molecule has 1 aliphatic rings. The Bertz CT molecular complexity index is 286. The van der Waals surface area contributed by atoms with E-state index in [1.165, 1.54) is 0 Å². The maximum Gasteiger partial charge on any atom is 0.208 e. The van der Waals surface area contributed by atoms with Crippen molar-refractivity contribution in [1.29, 1.82) is 0 Å². The van der Waals surface area contributed by atoms with E-state index in [-0.39, 0.29) is 5.92 Å². The van der Waals surface area contributed by atoms with Crippen LogP contribution >= 0.6 is 0 Å². The molecule has 1 aliphatic heterocycles. The Labute approximate surface area is 76.6 Å². The van der Waals surface area contributed by atoms with Crippen LogP contribution in [-0.4, -0.2) is 34.3 Å². The molecule has 0 spiro atoms. The van der Waals surface area contributed by atoms with Crippen molar-refractivity contribution in [3.63, 3.8) is 0 Å². The Hall–Kier alpha value is -0.130. The van der Waals surface area contributed by atoms with Crippen LogP contribution in [0, 0.1) is 5.92 Å². The third kappa shape index (κ3) is 4.04. The van der Waals surface area contributed by atoms with Gasteiger partial charge in [-0.25, -0.2) is 13.1 Å². The Morgan fingerprint density at radius 2 is 2.50 bits per heavy atom. The van der Waals surface area contributed by atoms with E-state index < -0.39 is 16.5 Å². The van der Waals surface area contributed by atoms with Crippen LogP contribution in [-0.2, 0) is 10.0 Å². The number of rotatable bonds is 3. The first-order chi connectivity index (χ1) is 6.31. The summed E-state index contributed by atoms with van der Waals surface area (Å²) >= 11 is 0. The number of hydrogen-bond donors (Lipinski definition) is 2. The lowest BCUT2D eigenvalue weighted by Gasteiger charge is -2.22. The molecule has 0 aliphatic carbocycles. The summed E-state index contributed by atoms with van der Waals surface area (Å²) in [5.74, 6) is -0.286. The smallest absolute Gasteiger partial charge is 0.208 e. The molecule has 72 valence electrons. The van der Waals surface area contributed by atoms with Gasteiger partial charge in [-0.15, -0.1) is 0 Å². The van der Waals surface area contributed by atoms with Gasteiger partial charge in [0, 0.05) is 9.24 Å². The molecule has 2 N–H and O–H groups in total. The second-order valence-corrected chi connectivity index (χ2v) is 4.81. The second kappa shape index (κ2) is 4.20. The Kier molecular flexibility index (Phi) is 2.55. The largest absolute Gasteiger partial charge is 0.316 e. The highest BCUT2D eigenvalue weighted by Crippen LogP contribution is 2.08. The fraction of sp³-hybridized carbons (Fsp3) is 1.00. The van der Waals surface area contributed by atoms with Gasteiger partial charge in [0.25, 0.3) is 0 Å². The van der Waals surface area contributed by atoms with Gasteiger partial charge in [0.05, 0.1) is 6.26 Å². The van der Waals surface area contributed by atoms with E-state index in [0.717, 1.165) is 19.2 Å². The van der Waals surface area contributed by atoms with E-state index in [9.17, 15) is 8.42 Å². The molecule has 12 heavy (non-hydrogen) atoms. The number of piperidine rings is 1. The van der Waals surface area contributed by atoms with E-state index in [2.05, 4.69) is 5.32 Å². The molecule has 1 atom stereocenters. The third-order valence-corrected chi connectivity index (χ3v) is 2.23. The van der Waals surface area contributed by atoms with Crippen LogP contribution < -0.4 is 10.0 Å². The fourth-order valence-electron chi connectivity index (χ4n) is 1.17. The summed E-state index contributed by atoms with van der Waals surface area (Å²) in [7, 11) is -3.48. The van der Waals surface area contributed by atoms with Crippen LogP contribution in [0.5, 0.6) is 0 Å². The Morgan fingerprint density at radius 1 is 1.75 bits per heavy atom. The summed E-state index contributed by atoms with van der Waals surface area (Å²) in [4.78, 5) is 0. The normalized spacial score (nSPS) is 29.2. The maximum absolute atomic E-state index is 10.9. The van der Waals surface area contributed by atoms with Crippen LogP contribution in [0.3, 0.4) is 0 Å².